The highest BCUT2D eigenvalue weighted by molar-refractivity contribution is 5.95. The summed E-state index contributed by atoms with van der Waals surface area (Å²) in [7, 11) is 0. The van der Waals surface area contributed by atoms with Gasteiger partial charge in [0.05, 0.1) is 11.1 Å². The number of phenols is 2. The van der Waals surface area contributed by atoms with Crippen LogP contribution in [0.15, 0.2) is 72.8 Å². The van der Waals surface area contributed by atoms with Crippen molar-refractivity contribution in [1.29, 1.82) is 0 Å². The summed E-state index contributed by atoms with van der Waals surface area (Å²) in [6.45, 7) is 12.5. The number of hydrogen-bond acceptors (Lipinski definition) is 6. The normalized spacial score (nSPS) is 12.9. The number of hydrogen-bond donors (Lipinski definition) is 2. The number of aromatic nitrogens is 6. The summed E-state index contributed by atoms with van der Waals surface area (Å²) in [5, 5.41) is 21.1. The molecule has 0 aliphatic rings. The Labute approximate surface area is 274 Å². The maximum atomic E-state index is 12.8. The third-order valence-electron chi connectivity index (χ3n) is 8.96. The minimum absolute atomic E-state index is 0.0775. The third-order valence-corrected chi connectivity index (χ3v) is 8.96. The van der Waals surface area contributed by atoms with Crippen molar-refractivity contribution < 1.29 is 29.3 Å². The topological polar surface area (TPSA) is 121 Å². The standard InChI is InChI=1S/C36H36N6O6/c1-35(2,3)23-9-13-31(43)29(19-23)41-37-25-11-7-21(17-27(25)39(37)41)33(45)47-15-16-48-34(46)22-8-12-26-28(18-22)40-38(26)42(40)30-20-24(36(4,5)6)10-14-32(30)44/h7-14,17-20,43-44H,15-16H2,1-6H3. The Kier molecular flexibility index (Phi) is 6.08. The highest BCUT2D eigenvalue weighted by atomic mass is 16.6. The molecule has 0 saturated carbocycles. The fraction of sp³-hybridized carbons (Fsp3) is 0.278. The minimum Gasteiger partial charge on any atom is -0.506 e. The Morgan fingerprint density at radius 3 is 1.29 bits per heavy atom. The molecule has 0 spiro atoms. The lowest BCUT2D eigenvalue weighted by Crippen LogP contribution is -2.14. The number of ether oxygens (including phenoxy) is 2. The van der Waals surface area contributed by atoms with Gasteiger partial charge in [0.15, 0.2) is 0 Å². The van der Waals surface area contributed by atoms with E-state index >= 15 is 0 Å². The van der Waals surface area contributed by atoms with E-state index in [1.165, 1.54) is 0 Å². The Balaban J connectivity index is 0.904. The van der Waals surface area contributed by atoms with Gasteiger partial charge >= 0.3 is 11.9 Å². The second kappa shape index (κ2) is 9.86. The van der Waals surface area contributed by atoms with Gasteiger partial charge < -0.3 is 19.7 Å². The fourth-order valence-electron chi connectivity index (χ4n) is 6.08. The van der Waals surface area contributed by atoms with E-state index in [1.54, 1.807) is 36.4 Å². The number of aromatic hydroxyl groups is 2. The molecule has 0 aliphatic heterocycles. The van der Waals surface area contributed by atoms with Crippen LogP contribution in [0.25, 0.3) is 33.4 Å². The molecule has 0 atom stereocenters. The van der Waals surface area contributed by atoms with Crippen molar-refractivity contribution >= 4 is 34.0 Å². The van der Waals surface area contributed by atoms with Crippen LogP contribution in [0.5, 0.6) is 11.5 Å². The SMILES string of the molecule is CC(C)(C)c1ccc(O)c(-n2n3c4ccc(C(=O)OCCOC(=O)c5ccc6c(c5)n5n(-c7cc(C(C)(C)C)ccc7O)n65)cc4n23)c1. The fourth-order valence-corrected chi connectivity index (χ4v) is 6.08. The first kappa shape index (κ1) is 29.6. The molecule has 4 heterocycles. The van der Waals surface area contributed by atoms with Crippen LogP contribution in [0.2, 0.25) is 0 Å². The molecule has 8 aromatic rings. The van der Waals surface area contributed by atoms with Gasteiger partial charge in [0.25, 0.3) is 0 Å². The summed E-state index contributed by atoms with van der Waals surface area (Å²) >= 11 is 0. The molecule has 4 aromatic carbocycles. The summed E-state index contributed by atoms with van der Waals surface area (Å²) < 4.78 is 18.4. The summed E-state index contributed by atoms with van der Waals surface area (Å²) in [5.41, 5.74) is 7.54. The molecule has 0 aliphatic carbocycles. The molecule has 0 radical (unpaired) electrons. The molecule has 48 heavy (non-hydrogen) atoms. The monoisotopic (exact) mass is 648 g/mol. The highest BCUT2D eigenvalue weighted by Gasteiger charge is 2.30. The summed E-state index contributed by atoms with van der Waals surface area (Å²) in [6.07, 6.45) is 0. The summed E-state index contributed by atoms with van der Waals surface area (Å²) in [6, 6.07) is 21.7. The van der Waals surface area contributed by atoms with Gasteiger partial charge in [-0.1, -0.05) is 53.7 Å². The van der Waals surface area contributed by atoms with Gasteiger partial charge in [0, 0.05) is 0 Å². The molecule has 0 unspecified atom stereocenters. The molecular weight excluding hydrogens is 612 g/mol. The maximum Gasteiger partial charge on any atom is 0.338 e. The van der Waals surface area contributed by atoms with Crippen LogP contribution in [-0.4, -0.2) is 63.5 Å². The first-order valence-corrected chi connectivity index (χ1v) is 15.8. The Hall–Kier alpha value is -5.78. The van der Waals surface area contributed by atoms with E-state index in [9.17, 15) is 19.8 Å². The molecular formula is C36H36N6O6. The lowest BCUT2D eigenvalue weighted by Gasteiger charge is -2.19. The molecule has 0 amide bonds. The molecule has 0 fully saturated rings. The number of esters is 2. The van der Waals surface area contributed by atoms with E-state index in [0.29, 0.717) is 22.5 Å². The van der Waals surface area contributed by atoms with E-state index in [-0.39, 0.29) is 35.5 Å². The molecule has 246 valence electrons. The second-order valence-electron chi connectivity index (χ2n) is 14.3. The number of fused-ring (bicyclic) bond motifs is 8. The van der Waals surface area contributed by atoms with Crippen molar-refractivity contribution in [2.45, 2.75) is 52.4 Å². The van der Waals surface area contributed by atoms with Crippen molar-refractivity contribution in [3.63, 3.8) is 0 Å². The Morgan fingerprint density at radius 1 is 0.542 bits per heavy atom. The van der Waals surface area contributed by atoms with Crippen LogP contribution in [0.4, 0.5) is 0 Å². The predicted molar refractivity (Wildman–Crippen MR) is 179 cm³/mol. The molecule has 8 rings (SSSR count). The predicted octanol–water partition coefficient (Wildman–Crippen LogP) is 6.17. The summed E-state index contributed by atoms with van der Waals surface area (Å²) in [5.74, 6) is -0.726. The van der Waals surface area contributed by atoms with Gasteiger partial charge in [-0.15, -0.1) is 28.1 Å². The molecule has 12 nitrogen and oxygen atoms in total. The molecule has 2 N–H and O–H groups in total. The average molecular weight is 649 g/mol. The van der Waals surface area contributed by atoms with Crippen LogP contribution in [0.1, 0.15) is 73.4 Å². The van der Waals surface area contributed by atoms with Crippen molar-refractivity contribution in [1.82, 2.24) is 28.1 Å². The zero-order chi connectivity index (χ0) is 33.9. The van der Waals surface area contributed by atoms with Gasteiger partial charge in [-0.2, -0.15) is 0 Å². The zero-order valence-corrected chi connectivity index (χ0v) is 27.6. The van der Waals surface area contributed by atoms with Crippen molar-refractivity contribution in [3.05, 3.63) is 95.1 Å². The Morgan fingerprint density at radius 2 is 0.917 bits per heavy atom. The van der Waals surface area contributed by atoms with Crippen LogP contribution in [-0.2, 0) is 20.3 Å². The molecule has 4 aromatic heterocycles. The van der Waals surface area contributed by atoms with Crippen LogP contribution >= 0.6 is 0 Å². The maximum absolute atomic E-state index is 12.8. The number of carbonyl (C=O) groups is 2. The number of rotatable bonds is 7. The van der Waals surface area contributed by atoms with Crippen molar-refractivity contribution in [2.24, 2.45) is 0 Å². The first-order valence-electron chi connectivity index (χ1n) is 15.8. The number of carbonyl (C=O) groups excluding carboxylic acids is 2. The lowest BCUT2D eigenvalue weighted by atomic mass is 9.87. The van der Waals surface area contributed by atoms with Gasteiger partial charge in [-0.3, -0.25) is 0 Å². The Bertz CT molecular complexity index is 2320. The zero-order valence-electron chi connectivity index (χ0n) is 27.6. The van der Waals surface area contributed by atoms with Crippen LogP contribution in [0, 0.1) is 0 Å². The number of phenolic OH excluding ortho intramolecular Hbond substituents is 2. The smallest absolute Gasteiger partial charge is 0.338 e. The van der Waals surface area contributed by atoms with E-state index in [0.717, 1.165) is 33.2 Å². The third kappa shape index (κ3) is 4.50. The van der Waals surface area contributed by atoms with Gasteiger partial charge in [-0.05, 0) is 82.6 Å². The van der Waals surface area contributed by atoms with E-state index < -0.39 is 11.9 Å². The molecule has 0 bridgehead atoms. The average Bonchev–Trinajstić information content (AvgIpc) is 3.89. The molecule has 0 saturated heterocycles. The quantitative estimate of drug-likeness (QED) is 0.158. The van der Waals surface area contributed by atoms with Crippen LogP contribution in [0.3, 0.4) is 0 Å². The highest BCUT2D eigenvalue weighted by Crippen LogP contribution is 2.36. The largest absolute Gasteiger partial charge is 0.506 e. The number of benzene rings is 4. The first-order chi connectivity index (χ1) is 22.7. The van der Waals surface area contributed by atoms with Gasteiger partial charge in [0.2, 0.25) is 0 Å². The number of nitrogens with zero attached hydrogens (tertiary/aromatic N) is 6. The van der Waals surface area contributed by atoms with E-state index in [2.05, 4.69) is 41.5 Å². The van der Waals surface area contributed by atoms with E-state index in [4.69, 9.17) is 9.47 Å². The second-order valence-corrected chi connectivity index (χ2v) is 14.3. The van der Waals surface area contributed by atoms with Crippen molar-refractivity contribution in [2.75, 3.05) is 13.2 Å². The van der Waals surface area contributed by atoms with Gasteiger partial charge in [-0.25, -0.2) is 9.59 Å². The molecule has 12 heteroatoms. The minimum atomic E-state index is -0.528. The van der Waals surface area contributed by atoms with Gasteiger partial charge in [0.1, 0.15) is 58.2 Å². The van der Waals surface area contributed by atoms with E-state index in [1.807, 2.05) is 64.5 Å². The van der Waals surface area contributed by atoms with Crippen molar-refractivity contribution in [3.8, 4) is 22.9 Å². The summed E-state index contributed by atoms with van der Waals surface area (Å²) in [4.78, 5) is 29.4. The lowest BCUT2D eigenvalue weighted by molar-refractivity contribution is 0.0266. The van der Waals surface area contributed by atoms with Crippen LogP contribution < -0.4 is 0 Å².